The van der Waals surface area contributed by atoms with E-state index in [-0.39, 0.29) is 18.3 Å². The van der Waals surface area contributed by atoms with Gasteiger partial charge < -0.3 is 11.1 Å². The third kappa shape index (κ3) is 4.90. The first-order valence-corrected chi connectivity index (χ1v) is 7.43. The SMILES string of the molecule is Cl.NCC1CCN(CC(=O)Nc2ccc(Br)cc2Cl)C1. The lowest BCUT2D eigenvalue weighted by atomic mass is 10.1. The third-order valence-electron chi connectivity index (χ3n) is 3.28. The summed E-state index contributed by atoms with van der Waals surface area (Å²) < 4.78 is 0.890. The molecule has 20 heavy (non-hydrogen) atoms. The summed E-state index contributed by atoms with van der Waals surface area (Å²) in [6.07, 6.45) is 1.07. The monoisotopic (exact) mass is 381 g/mol. The summed E-state index contributed by atoms with van der Waals surface area (Å²) in [6, 6.07) is 5.40. The first kappa shape index (κ1) is 17.7. The third-order valence-corrected chi connectivity index (χ3v) is 4.08. The molecule has 0 aliphatic carbocycles. The number of carbonyl (C=O) groups excluding carboxylic acids is 1. The average Bonchev–Trinajstić information content (AvgIpc) is 2.80. The highest BCUT2D eigenvalue weighted by molar-refractivity contribution is 9.10. The Hall–Kier alpha value is -0.330. The molecule has 4 nitrogen and oxygen atoms in total. The molecule has 2 rings (SSSR count). The Morgan fingerprint density at radius 3 is 2.90 bits per heavy atom. The van der Waals surface area contributed by atoms with Gasteiger partial charge in [0.05, 0.1) is 17.3 Å². The number of benzene rings is 1. The van der Waals surface area contributed by atoms with Crippen molar-refractivity contribution in [3.8, 4) is 0 Å². The molecule has 3 N–H and O–H groups in total. The molecule has 1 saturated heterocycles. The minimum absolute atomic E-state index is 0. The highest BCUT2D eigenvalue weighted by Crippen LogP contribution is 2.25. The van der Waals surface area contributed by atoms with E-state index in [1.165, 1.54) is 0 Å². The molecule has 0 radical (unpaired) electrons. The molecule has 1 atom stereocenters. The molecular weight excluding hydrogens is 365 g/mol. The van der Waals surface area contributed by atoms with Crippen molar-refractivity contribution >= 4 is 51.5 Å². The van der Waals surface area contributed by atoms with Gasteiger partial charge in [0.15, 0.2) is 0 Å². The second-order valence-corrected chi connectivity index (χ2v) is 6.12. The Kier molecular flexibility index (Phi) is 7.26. The number of nitrogens with zero attached hydrogens (tertiary/aromatic N) is 1. The van der Waals surface area contributed by atoms with Crippen molar-refractivity contribution in [2.45, 2.75) is 6.42 Å². The van der Waals surface area contributed by atoms with Crippen molar-refractivity contribution in [1.29, 1.82) is 0 Å². The number of rotatable bonds is 4. The molecule has 1 aliphatic rings. The van der Waals surface area contributed by atoms with Crippen LogP contribution < -0.4 is 11.1 Å². The summed E-state index contributed by atoms with van der Waals surface area (Å²) >= 11 is 9.39. The fourth-order valence-corrected chi connectivity index (χ4v) is 2.95. The van der Waals surface area contributed by atoms with Crippen LogP contribution in [0.5, 0.6) is 0 Å². The highest BCUT2D eigenvalue weighted by Gasteiger charge is 2.22. The van der Waals surface area contributed by atoms with Gasteiger partial charge in [-0.2, -0.15) is 0 Å². The van der Waals surface area contributed by atoms with Crippen LogP contribution in [0.3, 0.4) is 0 Å². The van der Waals surface area contributed by atoms with Crippen molar-refractivity contribution in [2.75, 3.05) is 31.5 Å². The van der Waals surface area contributed by atoms with E-state index in [0.717, 1.165) is 24.0 Å². The number of carbonyl (C=O) groups is 1. The van der Waals surface area contributed by atoms with Crippen LogP contribution in [0.2, 0.25) is 5.02 Å². The van der Waals surface area contributed by atoms with Crippen molar-refractivity contribution in [1.82, 2.24) is 4.90 Å². The number of hydrogen-bond acceptors (Lipinski definition) is 3. The Morgan fingerprint density at radius 1 is 1.55 bits per heavy atom. The van der Waals surface area contributed by atoms with Crippen molar-refractivity contribution in [3.05, 3.63) is 27.7 Å². The highest BCUT2D eigenvalue weighted by atomic mass is 79.9. The maximum atomic E-state index is 11.9. The van der Waals surface area contributed by atoms with Crippen LogP contribution >= 0.6 is 39.9 Å². The Labute approximate surface area is 138 Å². The van der Waals surface area contributed by atoms with Crippen LogP contribution in [0.4, 0.5) is 5.69 Å². The predicted octanol–water partition coefficient (Wildman–Crippen LogP) is 2.74. The Bertz CT molecular complexity index is 473. The van der Waals surface area contributed by atoms with Gasteiger partial charge in [-0.25, -0.2) is 0 Å². The zero-order chi connectivity index (χ0) is 13.8. The number of amides is 1. The van der Waals surface area contributed by atoms with Crippen LogP contribution in [-0.2, 0) is 4.79 Å². The summed E-state index contributed by atoms with van der Waals surface area (Å²) in [4.78, 5) is 14.1. The molecule has 1 heterocycles. The zero-order valence-corrected chi connectivity index (χ0v) is 14.1. The molecule has 1 amide bonds. The molecule has 112 valence electrons. The van der Waals surface area contributed by atoms with Crippen LogP contribution in [-0.4, -0.2) is 37.0 Å². The normalized spacial score (nSPS) is 18.6. The van der Waals surface area contributed by atoms with E-state index in [0.29, 0.717) is 29.7 Å². The second-order valence-electron chi connectivity index (χ2n) is 4.80. The van der Waals surface area contributed by atoms with Gasteiger partial charge in [-0.1, -0.05) is 27.5 Å². The van der Waals surface area contributed by atoms with E-state index in [1.54, 1.807) is 12.1 Å². The second kappa shape index (κ2) is 8.20. The lowest BCUT2D eigenvalue weighted by molar-refractivity contribution is -0.117. The Morgan fingerprint density at radius 2 is 2.30 bits per heavy atom. The number of hydrogen-bond donors (Lipinski definition) is 2. The summed E-state index contributed by atoms with van der Waals surface area (Å²) in [5.74, 6) is 0.478. The van der Waals surface area contributed by atoms with Crippen LogP contribution in [0.1, 0.15) is 6.42 Å². The number of anilines is 1. The van der Waals surface area contributed by atoms with Gasteiger partial charge in [-0.05, 0) is 43.6 Å². The van der Waals surface area contributed by atoms with E-state index >= 15 is 0 Å². The minimum Gasteiger partial charge on any atom is -0.330 e. The molecule has 1 aromatic carbocycles. The first-order chi connectivity index (χ1) is 9.08. The molecule has 1 unspecified atom stereocenters. The zero-order valence-electron chi connectivity index (χ0n) is 10.9. The topological polar surface area (TPSA) is 58.4 Å². The van der Waals surface area contributed by atoms with E-state index in [2.05, 4.69) is 26.1 Å². The maximum absolute atomic E-state index is 11.9. The van der Waals surface area contributed by atoms with Gasteiger partial charge in [0.25, 0.3) is 0 Å². The number of halogens is 3. The van der Waals surface area contributed by atoms with Gasteiger partial charge in [-0.3, -0.25) is 9.69 Å². The fourth-order valence-electron chi connectivity index (χ4n) is 2.23. The number of likely N-dealkylation sites (tertiary alicyclic amines) is 1. The van der Waals surface area contributed by atoms with E-state index in [1.807, 2.05) is 6.07 Å². The van der Waals surface area contributed by atoms with Gasteiger partial charge in [0, 0.05) is 11.0 Å². The molecule has 1 aliphatic heterocycles. The average molecular weight is 383 g/mol. The summed E-state index contributed by atoms with van der Waals surface area (Å²) in [6.45, 7) is 2.92. The molecule has 1 fully saturated rings. The van der Waals surface area contributed by atoms with Crippen LogP contribution in [0.15, 0.2) is 22.7 Å². The van der Waals surface area contributed by atoms with Gasteiger partial charge >= 0.3 is 0 Å². The van der Waals surface area contributed by atoms with Crippen molar-refractivity contribution in [2.24, 2.45) is 11.7 Å². The molecule has 0 saturated carbocycles. The molecule has 0 spiro atoms. The number of nitrogens with one attached hydrogen (secondary N) is 1. The maximum Gasteiger partial charge on any atom is 0.238 e. The van der Waals surface area contributed by atoms with Gasteiger partial charge in [0.1, 0.15) is 0 Å². The Balaban J connectivity index is 0.00000200. The molecular formula is C13H18BrCl2N3O. The quantitative estimate of drug-likeness (QED) is 0.841. The first-order valence-electron chi connectivity index (χ1n) is 6.26. The minimum atomic E-state index is -0.0399. The summed E-state index contributed by atoms with van der Waals surface area (Å²) in [7, 11) is 0. The van der Waals surface area contributed by atoms with Gasteiger partial charge in [-0.15, -0.1) is 12.4 Å². The lowest BCUT2D eigenvalue weighted by Gasteiger charge is -2.15. The van der Waals surface area contributed by atoms with Crippen LogP contribution in [0, 0.1) is 5.92 Å². The van der Waals surface area contributed by atoms with Crippen molar-refractivity contribution < 1.29 is 4.79 Å². The van der Waals surface area contributed by atoms with E-state index in [9.17, 15) is 4.79 Å². The molecule has 0 bridgehead atoms. The van der Waals surface area contributed by atoms with E-state index in [4.69, 9.17) is 17.3 Å². The lowest BCUT2D eigenvalue weighted by Crippen LogP contribution is -2.32. The largest absolute Gasteiger partial charge is 0.330 e. The predicted molar refractivity (Wildman–Crippen MR) is 88.6 cm³/mol. The summed E-state index contributed by atoms with van der Waals surface area (Å²) in [5, 5.41) is 3.36. The summed E-state index contributed by atoms with van der Waals surface area (Å²) in [5.41, 5.74) is 6.28. The molecule has 7 heteroatoms. The smallest absolute Gasteiger partial charge is 0.238 e. The standard InChI is InChI=1S/C13H17BrClN3O.ClH/c14-10-1-2-12(11(15)5-10)17-13(19)8-18-4-3-9(6-16)7-18;/h1-2,5,9H,3-4,6-8,16H2,(H,17,19);1H. The van der Waals surface area contributed by atoms with E-state index < -0.39 is 0 Å². The van der Waals surface area contributed by atoms with Crippen molar-refractivity contribution in [3.63, 3.8) is 0 Å². The molecule has 0 aromatic heterocycles. The van der Waals surface area contributed by atoms with Gasteiger partial charge in [0.2, 0.25) is 5.91 Å². The van der Waals surface area contributed by atoms with Crippen LogP contribution in [0.25, 0.3) is 0 Å². The molecule has 1 aromatic rings. The number of nitrogens with two attached hydrogens (primary N) is 1. The fraction of sp³-hybridized carbons (Fsp3) is 0.462.